The van der Waals surface area contributed by atoms with E-state index in [0.717, 1.165) is 11.6 Å². The molecule has 4 nitrogen and oxygen atoms in total. The second kappa shape index (κ2) is 7.04. The molecule has 24 heavy (non-hydrogen) atoms. The van der Waals surface area contributed by atoms with E-state index >= 15 is 0 Å². The topological polar surface area (TPSA) is 49.8 Å². The summed E-state index contributed by atoms with van der Waals surface area (Å²) in [6.45, 7) is 2.59. The number of benzene rings is 2. The van der Waals surface area contributed by atoms with Gasteiger partial charge < -0.3 is 10.6 Å². The summed E-state index contributed by atoms with van der Waals surface area (Å²) in [5, 5.41) is 5.93. The molecule has 3 rings (SSSR count). The standard InChI is InChI=1S/C18H16F2N4/c1-2-21-18-23-16(12-6-4-3-5-7-12)11-17(24-18)22-15-9-8-13(19)10-14(15)20/h3-11H,2H2,1H3,(H2,21,22,23,24). The number of aromatic nitrogens is 2. The Hall–Kier alpha value is -3.02. The van der Waals surface area contributed by atoms with Crippen molar-refractivity contribution in [1.82, 2.24) is 9.97 Å². The van der Waals surface area contributed by atoms with Crippen molar-refractivity contribution in [3.63, 3.8) is 0 Å². The molecule has 0 aliphatic carbocycles. The molecule has 0 aliphatic heterocycles. The SMILES string of the molecule is CCNc1nc(Nc2ccc(F)cc2F)cc(-c2ccccc2)n1. The zero-order valence-electron chi connectivity index (χ0n) is 13.1. The number of rotatable bonds is 5. The summed E-state index contributed by atoms with van der Waals surface area (Å²) >= 11 is 0. The Labute approximate surface area is 138 Å². The lowest BCUT2D eigenvalue weighted by Crippen LogP contribution is -2.06. The number of nitrogens with one attached hydrogen (secondary N) is 2. The maximum absolute atomic E-state index is 13.8. The van der Waals surface area contributed by atoms with E-state index in [1.165, 1.54) is 12.1 Å². The van der Waals surface area contributed by atoms with Crippen molar-refractivity contribution in [2.75, 3.05) is 17.2 Å². The molecule has 0 amide bonds. The minimum Gasteiger partial charge on any atom is -0.354 e. The normalized spacial score (nSPS) is 10.5. The van der Waals surface area contributed by atoms with Crippen LogP contribution in [-0.2, 0) is 0 Å². The average Bonchev–Trinajstić information content (AvgIpc) is 2.58. The molecule has 0 unspecified atom stereocenters. The van der Waals surface area contributed by atoms with Gasteiger partial charge in [-0.25, -0.2) is 13.8 Å². The van der Waals surface area contributed by atoms with Crippen LogP contribution in [0, 0.1) is 11.6 Å². The summed E-state index contributed by atoms with van der Waals surface area (Å²) in [7, 11) is 0. The average molecular weight is 326 g/mol. The monoisotopic (exact) mass is 326 g/mol. The van der Waals surface area contributed by atoms with Gasteiger partial charge in [-0.3, -0.25) is 0 Å². The van der Waals surface area contributed by atoms with Crippen molar-refractivity contribution in [2.45, 2.75) is 6.92 Å². The highest BCUT2D eigenvalue weighted by molar-refractivity contribution is 5.67. The van der Waals surface area contributed by atoms with Gasteiger partial charge in [0.2, 0.25) is 5.95 Å². The van der Waals surface area contributed by atoms with Crippen LogP contribution in [0.25, 0.3) is 11.3 Å². The van der Waals surface area contributed by atoms with Gasteiger partial charge in [0.1, 0.15) is 17.5 Å². The molecule has 0 spiro atoms. The van der Waals surface area contributed by atoms with Crippen molar-refractivity contribution in [1.29, 1.82) is 0 Å². The Morgan fingerprint density at radius 3 is 2.46 bits per heavy atom. The van der Waals surface area contributed by atoms with Gasteiger partial charge in [0, 0.05) is 24.2 Å². The molecule has 2 N–H and O–H groups in total. The van der Waals surface area contributed by atoms with Crippen molar-refractivity contribution >= 4 is 17.5 Å². The van der Waals surface area contributed by atoms with Crippen LogP contribution in [0.15, 0.2) is 54.6 Å². The van der Waals surface area contributed by atoms with Crippen LogP contribution in [0.2, 0.25) is 0 Å². The van der Waals surface area contributed by atoms with Crippen LogP contribution >= 0.6 is 0 Å². The third-order valence-corrected chi connectivity index (χ3v) is 3.32. The number of hydrogen-bond donors (Lipinski definition) is 2. The van der Waals surface area contributed by atoms with E-state index in [1.807, 2.05) is 37.3 Å². The zero-order valence-corrected chi connectivity index (χ0v) is 13.1. The third-order valence-electron chi connectivity index (χ3n) is 3.32. The predicted octanol–water partition coefficient (Wildman–Crippen LogP) is 4.60. The molecule has 0 radical (unpaired) electrons. The second-order valence-electron chi connectivity index (χ2n) is 5.11. The minimum absolute atomic E-state index is 0.150. The van der Waals surface area contributed by atoms with Crippen molar-refractivity contribution in [3.8, 4) is 11.3 Å². The van der Waals surface area contributed by atoms with Gasteiger partial charge in [-0.2, -0.15) is 4.98 Å². The summed E-state index contributed by atoms with van der Waals surface area (Å²) in [5.41, 5.74) is 1.77. The quantitative estimate of drug-likeness (QED) is 0.719. The Balaban J connectivity index is 1.99. The van der Waals surface area contributed by atoms with Crippen LogP contribution in [0.5, 0.6) is 0 Å². The first-order valence-corrected chi connectivity index (χ1v) is 7.56. The fraction of sp³-hybridized carbons (Fsp3) is 0.111. The molecule has 0 saturated heterocycles. The van der Waals surface area contributed by atoms with Gasteiger partial charge in [-0.1, -0.05) is 30.3 Å². The lowest BCUT2D eigenvalue weighted by Gasteiger charge is -2.11. The van der Waals surface area contributed by atoms with E-state index < -0.39 is 11.6 Å². The van der Waals surface area contributed by atoms with Gasteiger partial charge in [0.25, 0.3) is 0 Å². The largest absolute Gasteiger partial charge is 0.354 e. The number of hydrogen-bond acceptors (Lipinski definition) is 4. The Morgan fingerprint density at radius 2 is 1.75 bits per heavy atom. The first kappa shape index (κ1) is 15.9. The maximum Gasteiger partial charge on any atom is 0.225 e. The zero-order chi connectivity index (χ0) is 16.9. The Bertz CT molecular complexity index is 838. The van der Waals surface area contributed by atoms with Crippen LogP contribution in [0.1, 0.15) is 6.92 Å². The minimum atomic E-state index is -0.681. The van der Waals surface area contributed by atoms with E-state index in [4.69, 9.17) is 0 Å². The summed E-state index contributed by atoms with van der Waals surface area (Å²) in [4.78, 5) is 8.77. The molecular formula is C18H16F2N4. The lowest BCUT2D eigenvalue weighted by molar-refractivity contribution is 0.586. The molecule has 0 saturated carbocycles. The van der Waals surface area contributed by atoms with Crippen molar-refractivity contribution in [3.05, 3.63) is 66.2 Å². The molecule has 6 heteroatoms. The van der Waals surface area contributed by atoms with Gasteiger partial charge in [0.05, 0.1) is 11.4 Å². The molecule has 0 atom stereocenters. The molecule has 3 aromatic rings. The lowest BCUT2D eigenvalue weighted by atomic mass is 10.1. The molecule has 0 fully saturated rings. The number of anilines is 3. The molecule has 122 valence electrons. The van der Waals surface area contributed by atoms with Gasteiger partial charge in [0.15, 0.2) is 0 Å². The van der Waals surface area contributed by atoms with Crippen LogP contribution in [0.3, 0.4) is 0 Å². The van der Waals surface area contributed by atoms with Gasteiger partial charge >= 0.3 is 0 Å². The molecule has 1 aromatic heterocycles. The Kier molecular flexibility index (Phi) is 4.65. The summed E-state index contributed by atoms with van der Waals surface area (Å²) < 4.78 is 26.9. The molecule has 0 bridgehead atoms. The fourth-order valence-corrected chi connectivity index (χ4v) is 2.23. The molecule has 1 heterocycles. The highest BCUT2D eigenvalue weighted by Gasteiger charge is 2.09. The van der Waals surface area contributed by atoms with E-state index in [0.29, 0.717) is 24.0 Å². The molecule has 0 aliphatic rings. The van der Waals surface area contributed by atoms with E-state index in [9.17, 15) is 8.78 Å². The first-order valence-electron chi connectivity index (χ1n) is 7.56. The van der Waals surface area contributed by atoms with Gasteiger partial charge in [-0.05, 0) is 19.1 Å². The van der Waals surface area contributed by atoms with Crippen molar-refractivity contribution in [2.24, 2.45) is 0 Å². The highest BCUT2D eigenvalue weighted by atomic mass is 19.1. The smallest absolute Gasteiger partial charge is 0.225 e. The molecule has 2 aromatic carbocycles. The van der Waals surface area contributed by atoms with Gasteiger partial charge in [-0.15, -0.1) is 0 Å². The maximum atomic E-state index is 13.8. The second-order valence-corrected chi connectivity index (χ2v) is 5.11. The van der Waals surface area contributed by atoms with E-state index in [2.05, 4.69) is 20.6 Å². The fourth-order valence-electron chi connectivity index (χ4n) is 2.23. The van der Waals surface area contributed by atoms with Crippen LogP contribution in [-0.4, -0.2) is 16.5 Å². The number of nitrogens with zero attached hydrogens (tertiary/aromatic N) is 2. The summed E-state index contributed by atoms with van der Waals surface area (Å²) in [5.74, 6) is -0.451. The molecular weight excluding hydrogens is 310 g/mol. The van der Waals surface area contributed by atoms with Crippen LogP contribution in [0.4, 0.5) is 26.2 Å². The first-order chi connectivity index (χ1) is 11.7. The van der Waals surface area contributed by atoms with E-state index in [-0.39, 0.29) is 5.69 Å². The number of halogens is 2. The highest BCUT2D eigenvalue weighted by Crippen LogP contribution is 2.25. The van der Waals surface area contributed by atoms with Crippen molar-refractivity contribution < 1.29 is 8.78 Å². The Morgan fingerprint density at radius 1 is 0.958 bits per heavy atom. The third kappa shape index (κ3) is 3.65. The van der Waals surface area contributed by atoms with Crippen LogP contribution < -0.4 is 10.6 Å². The summed E-state index contributed by atoms with van der Waals surface area (Å²) in [6.07, 6.45) is 0. The predicted molar refractivity (Wildman–Crippen MR) is 91.3 cm³/mol. The summed E-state index contributed by atoms with van der Waals surface area (Å²) in [6, 6.07) is 14.7. The van der Waals surface area contributed by atoms with E-state index in [1.54, 1.807) is 6.07 Å².